The van der Waals surface area contributed by atoms with Crippen LogP contribution in [0.5, 0.6) is 5.75 Å². The summed E-state index contributed by atoms with van der Waals surface area (Å²) in [6.07, 6.45) is 1.12. The van der Waals surface area contributed by atoms with Crippen molar-refractivity contribution >= 4 is 0 Å². The molecular formula is C16H27NO2. The van der Waals surface area contributed by atoms with Gasteiger partial charge < -0.3 is 9.47 Å². The summed E-state index contributed by atoms with van der Waals surface area (Å²) in [5.74, 6) is 0.958. The van der Waals surface area contributed by atoms with Gasteiger partial charge in [0.15, 0.2) is 0 Å². The minimum Gasteiger partial charge on any atom is -0.492 e. The molecule has 108 valence electrons. The van der Waals surface area contributed by atoms with Crippen molar-refractivity contribution in [2.45, 2.75) is 33.2 Å². The molecule has 0 aliphatic carbocycles. The Bertz CT molecular complexity index is 310. The number of nitrogens with zero attached hydrogens (tertiary/aromatic N) is 1. The van der Waals surface area contributed by atoms with Gasteiger partial charge in [-0.05, 0) is 18.6 Å². The van der Waals surface area contributed by atoms with Gasteiger partial charge in [0, 0.05) is 19.1 Å². The Morgan fingerprint density at radius 1 is 1.16 bits per heavy atom. The fourth-order valence-corrected chi connectivity index (χ4v) is 2.13. The standard InChI is InChI=1S/C14H21NO2.C2H6/c1-2-13(15-8-10-16-11-9-15)12-17-14-6-4-3-5-7-14;1-2/h3-7,13H,2,8-12H2,1H3;1-2H3. The number of benzene rings is 1. The molecule has 1 fully saturated rings. The molecule has 0 spiro atoms. The van der Waals surface area contributed by atoms with E-state index in [-0.39, 0.29) is 0 Å². The Balaban J connectivity index is 0.000000861. The molecule has 2 rings (SSSR count). The van der Waals surface area contributed by atoms with E-state index in [4.69, 9.17) is 9.47 Å². The molecule has 0 bridgehead atoms. The molecule has 0 amide bonds. The Labute approximate surface area is 117 Å². The van der Waals surface area contributed by atoms with E-state index in [9.17, 15) is 0 Å². The number of hydrogen-bond donors (Lipinski definition) is 0. The fourth-order valence-electron chi connectivity index (χ4n) is 2.13. The van der Waals surface area contributed by atoms with Gasteiger partial charge in [-0.1, -0.05) is 39.0 Å². The molecule has 0 aromatic heterocycles. The first kappa shape index (κ1) is 16.0. The molecule has 1 atom stereocenters. The molecule has 0 saturated carbocycles. The van der Waals surface area contributed by atoms with Gasteiger partial charge in [-0.3, -0.25) is 4.90 Å². The summed E-state index contributed by atoms with van der Waals surface area (Å²) in [4.78, 5) is 2.46. The number of rotatable bonds is 5. The van der Waals surface area contributed by atoms with Gasteiger partial charge in [-0.25, -0.2) is 0 Å². The lowest BCUT2D eigenvalue weighted by atomic mass is 10.2. The molecule has 1 unspecified atom stereocenters. The van der Waals surface area contributed by atoms with E-state index in [1.165, 1.54) is 0 Å². The van der Waals surface area contributed by atoms with Crippen molar-refractivity contribution in [3.63, 3.8) is 0 Å². The van der Waals surface area contributed by atoms with E-state index in [1.807, 2.05) is 44.2 Å². The summed E-state index contributed by atoms with van der Waals surface area (Å²) in [5.41, 5.74) is 0. The molecule has 0 N–H and O–H groups in total. The second-order valence-electron chi connectivity index (χ2n) is 4.33. The second-order valence-corrected chi connectivity index (χ2v) is 4.33. The maximum absolute atomic E-state index is 5.83. The summed E-state index contributed by atoms with van der Waals surface area (Å²) < 4.78 is 11.2. The molecule has 19 heavy (non-hydrogen) atoms. The van der Waals surface area contributed by atoms with Gasteiger partial charge in [-0.2, -0.15) is 0 Å². The van der Waals surface area contributed by atoms with Gasteiger partial charge >= 0.3 is 0 Å². The lowest BCUT2D eigenvalue weighted by Crippen LogP contribution is -2.45. The molecule has 1 saturated heterocycles. The summed E-state index contributed by atoms with van der Waals surface area (Å²) in [5, 5.41) is 0. The first-order valence-corrected chi connectivity index (χ1v) is 7.40. The van der Waals surface area contributed by atoms with Crippen LogP contribution < -0.4 is 4.74 Å². The highest BCUT2D eigenvalue weighted by atomic mass is 16.5. The van der Waals surface area contributed by atoms with E-state index >= 15 is 0 Å². The van der Waals surface area contributed by atoms with E-state index in [0.29, 0.717) is 6.04 Å². The third-order valence-electron chi connectivity index (χ3n) is 3.22. The molecular weight excluding hydrogens is 238 g/mol. The molecule has 1 aliphatic rings. The second kappa shape index (κ2) is 9.82. The lowest BCUT2D eigenvalue weighted by molar-refractivity contribution is 0.00516. The zero-order chi connectivity index (χ0) is 13.9. The smallest absolute Gasteiger partial charge is 0.119 e. The van der Waals surface area contributed by atoms with Crippen molar-refractivity contribution < 1.29 is 9.47 Å². The molecule has 3 nitrogen and oxygen atoms in total. The van der Waals surface area contributed by atoms with Gasteiger partial charge in [0.25, 0.3) is 0 Å². The summed E-state index contributed by atoms with van der Waals surface area (Å²) in [6.45, 7) is 10.7. The third kappa shape index (κ3) is 5.62. The van der Waals surface area contributed by atoms with Crippen molar-refractivity contribution in [3.8, 4) is 5.75 Å². The van der Waals surface area contributed by atoms with Crippen LogP contribution in [0.25, 0.3) is 0 Å². The molecule has 1 heterocycles. The van der Waals surface area contributed by atoms with E-state index in [2.05, 4.69) is 11.8 Å². The minimum absolute atomic E-state index is 0.499. The molecule has 1 aliphatic heterocycles. The SMILES string of the molecule is CC.CCC(COc1ccccc1)N1CCOCC1. The quantitative estimate of drug-likeness (QED) is 0.816. The largest absolute Gasteiger partial charge is 0.492 e. The van der Waals surface area contributed by atoms with E-state index < -0.39 is 0 Å². The first-order valence-electron chi connectivity index (χ1n) is 7.40. The lowest BCUT2D eigenvalue weighted by Gasteiger charge is -2.33. The highest BCUT2D eigenvalue weighted by Gasteiger charge is 2.19. The van der Waals surface area contributed by atoms with Crippen LogP contribution in [0.1, 0.15) is 27.2 Å². The van der Waals surface area contributed by atoms with Crippen molar-refractivity contribution in [1.29, 1.82) is 0 Å². The van der Waals surface area contributed by atoms with Crippen molar-refractivity contribution in [2.75, 3.05) is 32.9 Å². The number of morpholine rings is 1. The average molecular weight is 265 g/mol. The Morgan fingerprint density at radius 3 is 2.37 bits per heavy atom. The molecule has 3 heteroatoms. The number of para-hydroxylation sites is 1. The van der Waals surface area contributed by atoms with Crippen molar-refractivity contribution in [3.05, 3.63) is 30.3 Å². The summed E-state index contributed by atoms with van der Waals surface area (Å²) in [7, 11) is 0. The van der Waals surface area contributed by atoms with Crippen LogP contribution in [0, 0.1) is 0 Å². The maximum Gasteiger partial charge on any atom is 0.119 e. The van der Waals surface area contributed by atoms with Gasteiger partial charge in [0.2, 0.25) is 0 Å². The highest BCUT2D eigenvalue weighted by molar-refractivity contribution is 5.20. The molecule has 0 radical (unpaired) electrons. The average Bonchev–Trinajstić information content (AvgIpc) is 2.52. The highest BCUT2D eigenvalue weighted by Crippen LogP contribution is 2.12. The van der Waals surface area contributed by atoms with Crippen LogP contribution in [0.3, 0.4) is 0 Å². The van der Waals surface area contributed by atoms with Crippen LogP contribution in [0.2, 0.25) is 0 Å². The maximum atomic E-state index is 5.83. The normalized spacial score (nSPS) is 17.2. The fraction of sp³-hybridized carbons (Fsp3) is 0.625. The number of ether oxygens (including phenoxy) is 2. The van der Waals surface area contributed by atoms with Crippen molar-refractivity contribution in [2.24, 2.45) is 0 Å². The Kier molecular flexibility index (Phi) is 8.26. The predicted octanol–water partition coefficient (Wildman–Crippen LogP) is 3.20. The number of hydrogen-bond acceptors (Lipinski definition) is 3. The van der Waals surface area contributed by atoms with Crippen LogP contribution in [0.15, 0.2) is 30.3 Å². The van der Waals surface area contributed by atoms with Crippen LogP contribution >= 0.6 is 0 Å². The third-order valence-corrected chi connectivity index (χ3v) is 3.22. The van der Waals surface area contributed by atoms with Gasteiger partial charge in [0.05, 0.1) is 13.2 Å². The van der Waals surface area contributed by atoms with Crippen LogP contribution in [-0.2, 0) is 4.74 Å². The molecule has 1 aromatic rings. The van der Waals surface area contributed by atoms with Crippen LogP contribution in [-0.4, -0.2) is 43.9 Å². The first-order chi connectivity index (χ1) is 9.40. The van der Waals surface area contributed by atoms with Gasteiger partial charge in [0.1, 0.15) is 12.4 Å². The minimum atomic E-state index is 0.499. The monoisotopic (exact) mass is 265 g/mol. The van der Waals surface area contributed by atoms with E-state index in [1.54, 1.807) is 0 Å². The summed E-state index contributed by atoms with van der Waals surface area (Å²) >= 11 is 0. The molecule has 1 aromatic carbocycles. The van der Waals surface area contributed by atoms with Gasteiger partial charge in [-0.15, -0.1) is 0 Å². The zero-order valence-corrected chi connectivity index (χ0v) is 12.5. The Hall–Kier alpha value is -1.06. The van der Waals surface area contributed by atoms with E-state index in [0.717, 1.165) is 45.1 Å². The zero-order valence-electron chi connectivity index (χ0n) is 12.5. The Morgan fingerprint density at radius 2 is 1.79 bits per heavy atom. The topological polar surface area (TPSA) is 21.7 Å². The van der Waals surface area contributed by atoms with Crippen LogP contribution in [0.4, 0.5) is 0 Å². The summed E-state index contributed by atoms with van der Waals surface area (Å²) in [6, 6.07) is 10.5. The van der Waals surface area contributed by atoms with Crippen molar-refractivity contribution in [1.82, 2.24) is 4.90 Å². The predicted molar refractivity (Wildman–Crippen MR) is 79.8 cm³/mol.